The van der Waals surface area contributed by atoms with E-state index in [2.05, 4.69) is 17.2 Å². The number of hydrogen-bond acceptors (Lipinski definition) is 5. The van der Waals surface area contributed by atoms with Crippen LogP contribution in [0.2, 0.25) is 0 Å². The van der Waals surface area contributed by atoms with Gasteiger partial charge in [-0.15, -0.1) is 0 Å². The second-order valence-electron chi connectivity index (χ2n) is 5.85. The third-order valence-electron chi connectivity index (χ3n) is 4.18. The van der Waals surface area contributed by atoms with Crippen LogP contribution in [0.3, 0.4) is 0 Å². The van der Waals surface area contributed by atoms with E-state index in [9.17, 15) is 4.79 Å². The Kier molecular flexibility index (Phi) is 5.42. The van der Waals surface area contributed by atoms with E-state index in [1.54, 1.807) is 19.2 Å². The molecule has 0 unspecified atom stereocenters. The lowest BCUT2D eigenvalue weighted by Gasteiger charge is -2.26. The first-order valence-corrected chi connectivity index (χ1v) is 7.77. The van der Waals surface area contributed by atoms with Crippen molar-refractivity contribution in [2.75, 3.05) is 24.2 Å². The summed E-state index contributed by atoms with van der Waals surface area (Å²) in [7, 11) is 0. The molecule has 21 heavy (non-hydrogen) atoms. The topological polar surface area (TPSA) is 77.2 Å². The molecule has 0 spiro atoms. The summed E-state index contributed by atoms with van der Waals surface area (Å²) in [5.74, 6) is 1.69. The average Bonchev–Trinajstić information content (AvgIpc) is 2.48. The largest absolute Gasteiger partial charge is 0.462 e. The number of carbonyl (C=O) groups is 1. The van der Waals surface area contributed by atoms with Crippen LogP contribution in [-0.4, -0.2) is 24.1 Å². The molecule has 1 saturated carbocycles. The molecule has 5 nitrogen and oxygen atoms in total. The van der Waals surface area contributed by atoms with E-state index >= 15 is 0 Å². The predicted octanol–water partition coefficient (Wildman–Crippen LogP) is 3.08. The van der Waals surface area contributed by atoms with Crippen LogP contribution in [0, 0.1) is 11.8 Å². The van der Waals surface area contributed by atoms with Gasteiger partial charge < -0.3 is 15.8 Å². The Labute approximate surface area is 126 Å². The van der Waals surface area contributed by atoms with Crippen LogP contribution in [0.1, 0.15) is 49.9 Å². The number of nitrogens with zero attached hydrogens (tertiary/aromatic N) is 1. The van der Waals surface area contributed by atoms with Crippen molar-refractivity contribution in [3.05, 3.63) is 17.8 Å². The summed E-state index contributed by atoms with van der Waals surface area (Å²) >= 11 is 0. The molecule has 5 heteroatoms. The highest BCUT2D eigenvalue weighted by atomic mass is 16.5. The Hall–Kier alpha value is -1.78. The van der Waals surface area contributed by atoms with E-state index in [0.717, 1.165) is 12.5 Å². The maximum absolute atomic E-state index is 11.8. The molecule has 1 aromatic heterocycles. The molecule has 0 aliphatic heterocycles. The summed E-state index contributed by atoms with van der Waals surface area (Å²) in [5, 5.41) is 3.29. The fourth-order valence-corrected chi connectivity index (χ4v) is 2.78. The molecule has 1 fully saturated rings. The van der Waals surface area contributed by atoms with Gasteiger partial charge in [0.2, 0.25) is 0 Å². The van der Waals surface area contributed by atoms with Gasteiger partial charge in [-0.2, -0.15) is 0 Å². The molecule has 1 aromatic rings. The molecule has 2 rings (SSSR count). The van der Waals surface area contributed by atoms with Gasteiger partial charge in [-0.05, 0) is 37.7 Å². The van der Waals surface area contributed by atoms with Gasteiger partial charge in [0.05, 0.1) is 17.9 Å². The molecule has 1 heterocycles. The Bertz CT molecular complexity index is 482. The molecule has 0 amide bonds. The third-order valence-corrected chi connectivity index (χ3v) is 4.18. The summed E-state index contributed by atoms with van der Waals surface area (Å²) in [6, 6.07) is 1.60. The molecular formula is C16H25N3O2. The van der Waals surface area contributed by atoms with Crippen LogP contribution in [0.5, 0.6) is 0 Å². The van der Waals surface area contributed by atoms with Gasteiger partial charge in [0, 0.05) is 12.7 Å². The van der Waals surface area contributed by atoms with Gasteiger partial charge in [-0.25, -0.2) is 9.78 Å². The molecule has 1 aliphatic rings. The number of nitrogen functional groups attached to an aromatic ring is 1. The highest BCUT2D eigenvalue weighted by Crippen LogP contribution is 2.29. The predicted molar refractivity (Wildman–Crippen MR) is 84.2 cm³/mol. The van der Waals surface area contributed by atoms with Crippen molar-refractivity contribution < 1.29 is 9.53 Å². The van der Waals surface area contributed by atoms with Crippen LogP contribution >= 0.6 is 0 Å². The minimum atomic E-state index is -0.396. The Morgan fingerprint density at radius 3 is 2.81 bits per heavy atom. The monoisotopic (exact) mass is 291 g/mol. The van der Waals surface area contributed by atoms with Crippen molar-refractivity contribution in [2.24, 2.45) is 11.8 Å². The Balaban J connectivity index is 1.97. The second kappa shape index (κ2) is 7.29. The molecule has 0 bridgehead atoms. The highest BCUT2D eigenvalue weighted by molar-refractivity contribution is 5.97. The standard InChI is InChI=1S/C16H25N3O2/c1-3-21-16(20)13-8-9-18-15(14(13)17)19-10-12-6-4-11(2)5-7-12/h8-9,11-12H,3-7,10,17H2,1-2H3,(H,18,19). The number of esters is 1. The van der Waals surface area contributed by atoms with Crippen molar-refractivity contribution in [1.82, 2.24) is 4.98 Å². The maximum Gasteiger partial charge on any atom is 0.340 e. The molecule has 0 saturated heterocycles. The third kappa shape index (κ3) is 4.09. The molecular weight excluding hydrogens is 266 g/mol. The van der Waals surface area contributed by atoms with Gasteiger partial charge >= 0.3 is 5.97 Å². The number of ether oxygens (including phenoxy) is 1. The van der Waals surface area contributed by atoms with E-state index in [1.807, 2.05) is 0 Å². The Morgan fingerprint density at radius 2 is 2.14 bits per heavy atom. The smallest absolute Gasteiger partial charge is 0.340 e. The van der Waals surface area contributed by atoms with Crippen molar-refractivity contribution >= 4 is 17.5 Å². The molecule has 0 atom stereocenters. The number of nitrogens with two attached hydrogens (primary N) is 1. The van der Waals surface area contributed by atoms with Crippen LogP contribution in [0.4, 0.5) is 11.5 Å². The molecule has 1 aliphatic carbocycles. The van der Waals surface area contributed by atoms with Crippen LogP contribution < -0.4 is 11.1 Å². The van der Waals surface area contributed by atoms with E-state index in [1.165, 1.54) is 25.7 Å². The number of hydrogen-bond donors (Lipinski definition) is 2. The van der Waals surface area contributed by atoms with Gasteiger partial charge in [0.1, 0.15) is 5.82 Å². The van der Waals surface area contributed by atoms with Crippen LogP contribution in [0.15, 0.2) is 12.3 Å². The van der Waals surface area contributed by atoms with Crippen molar-refractivity contribution in [1.29, 1.82) is 0 Å². The zero-order valence-corrected chi connectivity index (χ0v) is 12.9. The molecule has 0 radical (unpaired) electrons. The maximum atomic E-state index is 11.8. The van der Waals surface area contributed by atoms with E-state index in [0.29, 0.717) is 29.6 Å². The van der Waals surface area contributed by atoms with Gasteiger partial charge in [-0.1, -0.05) is 19.8 Å². The number of rotatable bonds is 5. The molecule has 3 N–H and O–H groups in total. The minimum absolute atomic E-state index is 0.337. The number of carbonyl (C=O) groups excluding carboxylic acids is 1. The SMILES string of the molecule is CCOC(=O)c1ccnc(NCC2CCC(C)CC2)c1N. The van der Waals surface area contributed by atoms with E-state index in [4.69, 9.17) is 10.5 Å². The summed E-state index contributed by atoms with van der Waals surface area (Å²) in [6.07, 6.45) is 6.65. The molecule has 0 aromatic carbocycles. The number of anilines is 2. The summed E-state index contributed by atoms with van der Waals surface area (Å²) in [4.78, 5) is 16.0. The van der Waals surface area contributed by atoms with Crippen molar-refractivity contribution in [3.63, 3.8) is 0 Å². The summed E-state index contributed by atoms with van der Waals surface area (Å²) < 4.78 is 5.00. The lowest BCUT2D eigenvalue weighted by Crippen LogP contribution is -2.21. The van der Waals surface area contributed by atoms with Gasteiger partial charge in [0.25, 0.3) is 0 Å². The second-order valence-corrected chi connectivity index (χ2v) is 5.85. The first kappa shape index (κ1) is 15.6. The quantitative estimate of drug-likeness (QED) is 0.815. The van der Waals surface area contributed by atoms with E-state index in [-0.39, 0.29) is 0 Å². The fraction of sp³-hybridized carbons (Fsp3) is 0.625. The minimum Gasteiger partial charge on any atom is -0.462 e. The van der Waals surface area contributed by atoms with Crippen LogP contribution in [-0.2, 0) is 4.74 Å². The number of pyridine rings is 1. The van der Waals surface area contributed by atoms with Crippen molar-refractivity contribution in [2.45, 2.75) is 39.5 Å². The van der Waals surface area contributed by atoms with Crippen molar-refractivity contribution in [3.8, 4) is 0 Å². The van der Waals surface area contributed by atoms with Gasteiger partial charge in [-0.3, -0.25) is 0 Å². The lowest BCUT2D eigenvalue weighted by atomic mass is 9.83. The summed E-state index contributed by atoms with van der Waals surface area (Å²) in [5.41, 5.74) is 6.78. The number of nitrogens with one attached hydrogen (secondary N) is 1. The first-order chi connectivity index (χ1) is 10.1. The fourth-order valence-electron chi connectivity index (χ4n) is 2.78. The first-order valence-electron chi connectivity index (χ1n) is 7.77. The zero-order valence-electron chi connectivity index (χ0n) is 12.9. The molecule has 116 valence electrons. The van der Waals surface area contributed by atoms with Crippen LogP contribution in [0.25, 0.3) is 0 Å². The highest BCUT2D eigenvalue weighted by Gasteiger charge is 2.19. The van der Waals surface area contributed by atoms with Gasteiger partial charge in [0.15, 0.2) is 0 Å². The number of aromatic nitrogens is 1. The zero-order chi connectivity index (χ0) is 15.2. The normalized spacial score (nSPS) is 21.8. The lowest BCUT2D eigenvalue weighted by molar-refractivity contribution is 0.0527. The van der Waals surface area contributed by atoms with E-state index < -0.39 is 5.97 Å². The average molecular weight is 291 g/mol. The summed E-state index contributed by atoms with van der Waals surface area (Å²) in [6.45, 7) is 5.28. The Morgan fingerprint density at radius 1 is 1.43 bits per heavy atom.